The summed E-state index contributed by atoms with van der Waals surface area (Å²) in [4.78, 5) is 29.1. The predicted molar refractivity (Wildman–Crippen MR) is 138 cm³/mol. The highest BCUT2D eigenvalue weighted by Crippen LogP contribution is 2.35. The average molecular weight is 491 g/mol. The Bertz CT molecular complexity index is 1350. The number of Topliss-reactive ketones (excluding diaryl/α,β-unsaturated/α-hetero) is 1. The summed E-state index contributed by atoms with van der Waals surface area (Å²) in [6.07, 6.45) is 3.91. The average Bonchev–Trinajstić information content (AvgIpc) is 3.68. The molecule has 0 atom stereocenters. The SMILES string of the molecule is Cn1cc(C(=O)O)c2ccc(N3CCN(CCC(C(=O)C4CC4)=C(N)c4ccccc4F)CC3)cc21. The first kappa shape index (κ1) is 24.1. The fourth-order valence-electron chi connectivity index (χ4n) is 5.06. The molecule has 1 saturated carbocycles. The van der Waals surface area contributed by atoms with Gasteiger partial charge in [0.1, 0.15) is 5.82 Å². The number of hydrogen-bond donors (Lipinski definition) is 2. The summed E-state index contributed by atoms with van der Waals surface area (Å²) in [7, 11) is 1.86. The molecule has 2 aromatic carbocycles. The molecule has 0 amide bonds. The first-order chi connectivity index (χ1) is 17.3. The second kappa shape index (κ2) is 9.78. The van der Waals surface area contributed by atoms with E-state index >= 15 is 0 Å². The summed E-state index contributed by atoms with van der Waals surface area (Å²) in [6.45, 7) is 3.99. The van der Waals surface area contributed by atoms with Crippen LogP contribution in [0, 0.1) is 11.7 Å². The number of nitrogens with two attached hydrogens (primary N) is 1. The molecule has 7 nitrogen and oxygen atoms in total. The molecule has 0 radical (unpaired) electrons. The van der Waals surface area contributed by atoms with Crippen molar-refractivity contribution < 1.29 is 19.1 Å². The smallest absolute Gasteiger partial charge is 0.337 e. The van der Waals surface area contributed by atoms with Gasteiger partial charge >= 0.3 is 5.97 Å². The molecule has 188 valence electrons. The molecule has 1 saturated heterocycles. The summed E-state index contributed by atoms with van der Waals surface area (Å²) in [5, 5.41) is 10.2. The number of halogens is 1. The number of fused-ring (bicyclic) bond motifs is 1. The van der Waals surface area contributed by atoms with Gasteiger partial charge in [0.15, 0.2) is 5.78 Å². The molecule has 0 unspecified atom stereocenters. The minimum absolute atomic E-state index is 0.0243. The Kier molecular flexibility index (Phi) is 6.53. The van der Waals surface area contributed by atoms with E-state index in [0.717, 1.165) is 55.6 Å². The van der Waals surface area contributed by atoms with Gasteiger partial charge in [-0.3, -0.25) is 9.69 Å². The van der Waals surface area contributed by atoms with E-state index in [1.54, 1.807) is 24.4 Å². The molecule has 2 aliphatic rings. The van der Waals surface area contributed by atoms with Crippen LogP contribution in [0.4, 0.5) is 10.1 Å². The molecule has 8 heteroatoms. The van der Waals surface area contributed by atoms with Crippen LogP contribution < -0.4 is 10.6 Å². The van der Waals surface area contributed by atoms with Crippen LogP contribution in [-0.4, -0.2) is 59.0 Å². The van der Waals surface area contributed by atoms with E-state index in [2.05, 4.69) is 9.80 Å². The maximum absolute atomic E-state index is 14.4. The molecule has 0 spiro atoms. The molecule has 5 rings (SSSR count). The Morgan fingerprint density at radius 3 is 2.44 bits per heavy atom. The molecule has 3 aromatic rings. The van der Waals surface area contributed by atoms with E-state index in [0.29, 0.717) is 29.7 Å². The summed E-state index contributed by atoms with van der Waals surface area (Å²) < 4.78 is 16.2. The topological polar surface area (TPSA) is 91.8 Å². The van der Waals surface area contributed by atoms with Gasteiger partial charge in [0.25, 0.3) is 0 Å². The van der Waals surface area contributed by atoms with E-state index in [1.165, 1.54) is 6.07 Å². The summed E-state index contributed by atoms with van der Waals surface area (Å²) in [5.74, 6) is -1.25. The van der Waals surface area contributed by atoms with E-state index in [9.17, 15) is 19.1 Å². The fourth-order valence-corrected chi connectivity index (χ4v) is 5.06. The van der Waals surface area contributed by atoms with E-state index in [-0.39, 0.29) is 17.4 Å². The zero-order chi connectivity index (χ0) is 25.4. The highest BCUT2D eigenvalue weighted by atomic mass is 19.1. The number of benzene rings is 2. The third-order valence-electron chi connectivity index (χ3n) is 7.35. The van der Waals surface area contributed by atoms with Gasteiger partial charge in [0.2, 0.25) is 0 Å². The highest BCUT2D eigenvalue weighted by Gasteiger charge is 2.33. The number of carbonyl (C=O) groups excluding carboxylic acids is 1. The van der Waals surface area contributed by atoms with Crippen LogP contribution in [0.5, 0.6) is 0 Å². The van der Waals surface area contributed by atoms with Gasteiger partial charge in [-0.1, -0.05) is 12.1 Å². The van der Waals surface area contributed by atoms with Crippen molar-refractivity contribution in [3.8, 4) is 0 Å². The zero-order valence-electron chi connectivity index (χ0n) is 20.4. The van der Waals surface area contributed by atoms with Crippen molar-refractivity contribution in [3.05, 3.63) is 71.2 Å². The monoisotopic (exact) mass is 490 g/mol. The van der Waals surface area contributed by atoms with Crippen molar-refractivity contribution in [3.63, 3.8) is 0 Å². The second-order valence-electron chi connectivity index (χ2n) is 9.75. The van der Waals surface area contributed by atoms with Crippen LogP contribution in [0.3, 0.4) is 0 Å². The van der Waals surface area contributed by atoms with Gasteiger partial charge < -0.3 is 20.3 Å². The normalized spacial score (nSPS) is 17.3. The number of carboxylic acid groups (broad SMARTS) is 1. The Morgan fingerprint density at radius 2 is 1.78 bits per heavy atom. The number of ketones is 1. The van der Waals surface area contributed by atoms with E-state index < -0.39 is 11.8 Å². The van der Waals surface area contributed by atoms with Crippen LogP contribution in [-0.2, 0) is 11.8 Å². The maximum atomic E-state index is 14.4. The standard InChI is InChI=1S/C28H31FN4O3/c1-31-17-23(28(35)36)20-9-8-19(16-25(20)31)33-14-12-32(13-15-33)11-10-22(27(34)18-6-7-18)26(30)21-4-2-3-5-24(21)29/h2-5,8-9,16-18H,6-7,10-15,30H2,1H3,(H,35,36). The largest absolute Gasteiger partial charge is 0.478 e. The lowest BCUT2D eigenvalue weighted by atomic mass is 9.97. The van der Waals surface area contributed by atoms with Crippen LogP contribution in [0.1, 0.15) is 35.2 Å². The van der Waals surface area contributed by atoms with Crippen molar-refractivity contribution in [2.75, 3.05) is 37.6 Å². The molecule has 1 aliphatic heterocycles. The molecule has 1 aliphatic carbocycles. The maximum Gasteiger partial charge on any atom is 0.337 e. The van der Waals surface area contributed by atoms with Gasteiger partial charge in [-0.25, -0.2) is 9.18 Å². The molecular weight excluding hydrogens is 459 g/mol. The third-order valence-corrected chi connectivity index (χ3v) is 7.35. The Balaban J connectivity index is 1.26. The molecule has 0 bridgehead atoms. The van der Waals surface area contributed by atoms with E-state index in [4.69, 9.17) is 5.73 Å². The number of hydrogen-bond acceptors (Lipinski definition) is 5. The first-order valence-electron chi connectivity index (χ1n) is 12.4. The second-order valence-corrected chi connectivity index (χ2v) is 9.75. The zero-order valence-corrected chi connectivity index (χ0v) is 20.4. The fraction of sp³-hybridized carbons (Fsp3) is 0.357. The number of piperazine rings is 1. The number of rotatable bonds is 8. The molecule has 3 N–H and O–H groups in total. The van der Waals surface area contributed by atoms with Crippen LogP contribution in [0.2, 0.25) is 0 Å². The van der Waals surface area contributed by atoms with E-state index in [1.807, 2.05) is 29.8 Å². The molecule has 1 aromatic heterocycles. The third kappa shape index (κ3) is 4.73. The van der Waals surface area contributed by atoms with Crippen LogP contribution >= 0.6 is 0 Å². The van der Waals surface area contributed by atoms with Gasteiger partial charge in [0, 0.05) is 79.8 Å². The quantitative estimate of drug-likeness (QED) is 0.466. The molecule has 2 heterocycles. The summed E-state index contributed by atoms with van der Waals surface area (Å²) >= 11 is 0. The lowest BCUT2D eigenvalue weighted by molar-refractivity contribution is -0.116. The van der Waals surface area contributed by atoms with Gasteiger partial charge in [0.05, 0.1) is 11.1 Å². The van der Waals surface area contributed by atoms with Crippen molar-refractivity contribution in [2.24, 2.45) is 18.7 Å². The van der Waals surface area contributed by atoms with Crippen LogP contribution in [0.25, 0.3) is 16.6 Å². The Hall–Kier alpha value is -3.65. The number of aromatic carboxylic acids is 1. The van der Waals surface area contributed by atoms with Crippen molar-refractivity contribution in [1.82, 2.24) is 9.47 Å². The number of aryl methyl sites for hydroxylation is 1. The number of carboxylic acids is 1. The number of carbonyl (C=O) groups is 2. The van der Waals surface area contributed by atoms with Crippen LogP contribution in [0.15, 0.2) is 54.2 Å². The predicted octanol–water partition coefficient (Wildman–Crippen LogP) is 3.88. The molecule has 2 fully saturated rings. The number of nitrogens with zero attached hydrogens (tertiary/aromatic N) is 3. The van der Waals surface area contributed by atoms with Gasteiger partial charge in [-0.2, -0.15) is 0 Å². The van der Waals surface area contributed by atoms with Gasteiger partial charge in [-0.15, -0.1) is 0 Å². The van der Waals surface area contributed by atoms with Crippen molar-refractivity contribution in [1.29, 1.82) is 0 Å². The lowest BCUT2D eigenvalue weighted by Crippen LogP contribution is -2.46. The summed E-state index contributed by atoms with van der Waals surface area (Å²) in [6, 6.07) is 12.3. The molecular formula is C28H31FN4O3. The lowest BCUT2D eigenvalue weighted by Gasteiger charge is -2.36. The minimum Gasteiger partial charge on any atom is -0.478 e. The van der Waals surface area contributed by atoms with Gasteiger partial charge in [-0.05, 0) is 49.6 Å². The number of anilines is 1. The Morgan fingerprint density at radius 1 is 1.06 bits per heavy atom. The molecule has 36 heavy (non-hydrogen) atoms. The first-order valence-corrected chi connectivity index (χ1v) is 12.4. The minimum atomic E-state index is -0.925. The Labute approximate surface area is 209 Å². The van der Waals surface area contributed by atoms with Crippen molar-refractivity contribution >= 4 is 34.0 Å². The summed E-state index contributed by atoms with van der Waals surface area (Å²) in [5.41, 5.74) is 9.73. The number of aromatic nitrogens is 1. The van der Waals surface area contributed by atoms with Crippen molar-refractivity contribution in [2.45, 2.75) is 19.3 Å². The highest BCUT2D eigenvalue weighted by molar-refractivity contribution is 6.05.